The lowest BCUT2D eigenvalue weighted by Crippen LogP contribution is -2.18. The number of benzene rings is 2. The second-order valence-corrected chi connectivity index (χ2v) is 10.6. The van der Waals surface area contributed by atoms with Gasteiger partial charge in [0.25, 0.3) is 0 Å². The number of hydrogen-bond donors (Lipinski definition) is 0. The molecule has 0 heterocycles. The molecule has 2 aromatic rings. The zero-order chi connectivity index (χ0) is 18.0. The first kappa shape index (κ1) is 19.7. The third-order valence-corrected chi connectivity index (χ3v) is 5.32. The third-order valence-electron chi connectivity index (χ3n) is 4.09. The Morgan fingerprint density at radius 2 is 1.38 bits per heavy atom. The molecule has 0 saturated carbocycles. The first-order valence-electron chi connectivity index (χ1n) is 8.56. The Balaban J connectivity index is 2.10. The van der Waals surface area contributed by atoms with Gasteiger partial charge in [0, 0.05) is 8.95 Å². The van der Waals surface area contributed by atoms with Crippen molar-refractivity contribution >= 4 is 31.9 Å². The summed E-state index contributed by atoms with van der Waals surface area (Å²) in [7, 11) is 0. The van der Waals surface area contributed by atoms with Gasteiger partial charge in [0.1, 0.15) is 0 Å². The first-order valence-corrected chi connectivity index (χ1v) is 10.1. The van der Waals surface area contributed by atoms with Crippen molar-refractivity contribution in [3.05, 3.63) is 68.1 Å². The van der Waals surface area contributed by atoms with E-state index < -0.39 is 0 Å². The van der Waals surface area contributed by atoms with Gasteiger partial charge in [-0.15, -0.1) is 0 Å². The van der Waals surface area contributed by atoms with E-state index in [4.69, 9.17) is 0 Å². The molecule has 0 bridgehead atoms. The van der Waals surface area contributed by atoms with Crippen LogP contribution in [0.2, 0.25) is 0 Å². The van der Waals surface area contributed by atoms with Crippen molar-refractivity contribution in [2.75, 3.05) is 0 Å². The zero-order valence-electron chi connectivity index (χ0n) is 15.4. The van der Waals surface area contributed by atoms with Gasteiger partial charge >= 0.3 is 0 Å². The molecule has 0 radical (unpaired) electrons. The predicted octanol–water partition coefficient (Wildman–Crippen LogP) is 7.61. The molecule has 24 heavy (non-hydrogen) atoms. The van der Waals surface area contributed by atoms with Gasteiger partial charge in [-0.2, -0.15) is 0 Å². The number of hydrogen-bond acceptors (Lipinski definition) is 0. The van der Waals surface area contributed by atoms with E-state index in [-0.39, 0.29) is 5.41 Å². The van der Waals surface area contributed by atoms with Crippen LogP contribution < -0.4 is 0 Å². The topological polar surface area (TPSA) is 0 Å². The highest BCUT2D eigenvalue weighted by molar-refractivity contribution is 9.10. The molecule has 2 rings (SSSR count). The van der Waals surface area contributed by atoms with Crippen LogP contribution in [0.4, 0.5) is 0 Å². The highest BCUT2D eigenvalue weighted by Crippen LogP contribution is 2.31. The van der Waals surface area contributed by atoms with Gasteiger partial charge in [-0.1, -0.05) is 90.7 Å². The Kier molecular flexibility index (Phi) is 6.36. The molecule has 0 nitrogen and oxygen atoms in total. The number of rotatable bonds is 5. The van der Waals surface area contributed by atoms with Crippen molar-refractivity contribution in [2.45, 2.75) is 53.9 Å². The third kappa shape index (κ3) is 6.37. The molecular formula is C22H28Br2. The van der Waals surface area contributed by atoms with Gasteiger partial charge in [-0.05, 0) is 65.0 Å². The van der Waals surface area contributed by atoms with E-state index in [9.17, 15) is 0 Å². The Hall–Kier alpha value is -0.600. The quantitative estimate of drug-likeness (QED) is 0.438. The van der Waals surface area contributed by atoms with Gasteiger partial charge in [0.15, 0.2) is 0 Å². The average Bonchev–Trinajstić information content (AvgIpc) is 2.39. The summed E-state index contributed by atoms with van der Waals surface area (Å²) < 4.78 is 2.40. The van der Waals surface area contributed by atoms with E-state index in [0.717, 1.165) is 23.7 Å². The summed E-state index contributed by atoms with van der Waals surface area (Å²) in [6.07, 6.45) is 3.25. The summed E-state index contributed by atoms with van der Waals surface area (Å²) in [5.74, 6) is 0. The molecule has 0 aliphatic heterocycles. The normalized spacial score (nSPS) is 12.5. The van der Waals surface area contributed by atoms with Crippen LogP contribution in [0.3, 0.4) is 0 Å². The summed E-state index contributed by atoms with van der Waals surface area (Å²) >= 11 is 7.35. The fraction of sp³-hybridized carbons (Fsp3) is 0.455. The first-order chi connectivity index (χ1) is 11.0. The Labute approximate surface area is 164 Å². The van der Waals surface area contributed by atoms with E-state index in [2.05, 4.69) is 109 Å². The van der Waals surface area contributed by atoms with E-state index in [1.165, 1.54) is 21.2 Å². The lowest BCUT2D eigenvalue weighted by atomic mass is 9.80. The molecule has 0 aliphatic rings. The van der Waals surface area contributed by atoms with Crippen LogP contribution in [0.5, 0.6) is 0 Å². The molecule has 130 valence electrons. The molecule has 0 unspecified atom stereocenters. The Morgan fingerprint density at radius 1 is 0.750 bits per heavy atom. The minimum absolute atomic E-state index is 0.228. The molecule has 0 aliphatic carbocycles. The molecular weight excluding hydrogens is 424 g/mol. The second kappa shape index (κ2) is 7.74. The van der Waals surface area contributed by atoms with Crippen molar-refractivity contribution in [2.24, 2.45) is 10.8 Å². The van der Waals surface area contributed by atoms with Crippen molar-refractivity contribution in [1.82, 2.24) is 0 Å². The van der Waals surface area contributed by atoms with Gasteiger partial charge in [-0.3, -0.25) is 0 Å². The highest BCUT2D eigenvalue weighted by atomic mass is 79.9. The number of halogens is 2. The van der Waals surface area contributed by atoms with Gasteiger partial charge in [-0.25, -0.2) is 0 Å². The van der Waals surface area contributed by atoms with Crippen LogP contribution in [0.15, 0.2) is 51.4 Å². The summed E-state index contributed by atoms with van der Waals surface area (Å²) in [6, 6.07) is 15.5. The van der Waals surface area contributed by atoms with Crippen molar-refractivity contribution in [3.8, 4) is 0 Å². The molecule has 0 N–H and O–H groups in total. The van der Waals surface area contributed by atoms with Crippen LogP contribution in [-0.2, 0) is 19.3 Å². The van der Waals surface area contributed by atoms with Crippen molar-refractivity contribution in [1.29, 1.82) is 0 Å². The molecule has 0 amide bonds. The van der Waals surface area contributed by atoms with E-state index >= 15 is 0 Å². The maximum absolute atomic E-state index is 3.78. The van der Waals surface area contributed by atoms with Crippen molar-refractivity contribution in [3.63, 3.8) is 0 Å². The lowest BCUT2D eigenvalue weighted by molar-refractivity contribution is 0.360. The molecule has 0 fully saturated rings. The van der Waals surface area contributed by atoms with Crippen LogP contribution >= 0.6 is 31.9 Å². The van der Waals surface area contributed by atoms with Gasteiger partial charge in [0.2, 0.25) is 0 Å². The standard InChI is InChI=1S/C22H28Br2/c1-21(2,3)15-18-10-9-17(12-20(18)24)14-22(4,5)13-16-7-6-8-19(23)11-16/h6-12H,13-15H2,1-5H3. The molecule has 2 heteroatoms. The minimum atomic E-state index is 0.228. The summed E-state index contributed by atoms with van der Waals surface area (Å²) in [5.41, 5.74) is 4.73. The monoisotopic (exact) mass is 450 g/mol. The Bertz CT molecular complexity index is 693. The molecule has 0 atom stereocenters. The fourth-order valence-electron chi connectivity index (χ4n) is 3.23. The average molecular weight is 452 g/mol. The molecule has 2 aromatic carbocycles. The van der Waals surface area contributed by atoms with Crippen LogP contribution in [-0.4, -0.2) is 0 Å². The maximum Gasteiger partial charge on any atom is 0.0210 e. The summed E-state index contributed by atoms with van der Waals surface area (Å²) in [4.78, 5) is 0. The summed E-state index contributed by atoms with van der Waals surface area (Å²) in [6.45, 7) is 11.6. The van der Waals surface area contributed by atoms with E-state index in [1.807, 2.05) is 0 Å². The molecule has 0 aromatic heterocycles. The lowest BCUT2D eigenvalue weighted by Gasteiger charge is -2.26. The second-order valence-electron chi connectivity index (χ2n) is 8.81. The van der Waals surface area contributed by atoms with Crippen LogP contribution in [0.25, 0.3) is 0 Å². The Morgan fingerprint density at radius 3 is 1.92 bits per heavy atom. The molecule has 0 spiro atoms. The van der Waals surface area contributed by atoms with Crippen LogP contribution in [0.1, 0.15) is 51.3 Å². The van der Waals surface area contributed by atoms with E-state index in [1.54, 1.807) is 0 Å². The fourth-order valence-corrected chi connectivity index (χ4v) is 4.24. The largest absolute Gasteiger partial charge is 0.0609 e. The van der Waals surface area contributed by atoms with Crippen molar-refractivity contribution < 1.29 is 0 Å². The van der Waals surface area contributed by atoms with Gasteiger partial charge in [0.05, 0.1) is 0 Å². The maximum atomic E-state index is 3.78. The molecule has 0 saturated heterocycles. The highest BCUT2D eigenvalue weighted by Gasteiger charge is 2.20. The van der Waals surface area contributed by atoms with E-state index in [0.29, 0.717) is 5.41 Å². The van der Waals surface area contributed by atoms with Crippen LogP contribution in [0, 0.1) is 10.8 Å². The smallest absolute Gasteiger partial charge is 0.0210 e. The zero-order valence-corrected chi connectivity index (χ0v) is 18.6. The predicted molar refractivity (Wildman–Crippen MR) is 113 cm³/mol. The SMILES string of the molecule is CC(C)(C)Cc1ccc(CC(C)(C)Cc2cccc(Br)c2)cc1Br. The summed E-state index contributed by atoms with van der Waals surface area (Å²) in [5, 5.41) is 0. The minimum Gasteiger partial charge on any atom is -0.0609 e. The van der Waals surface area contributed by atoms with Gasteiger partial charge < -0.3 is 0 Å².